The van der Waals surface area contributed by atoms with Crippen molar-refractivity contribution in [3.63, 3.8) is 0 Å². The number of benzene rings is 2. The zero-order valence-corrected chi connectivity index (χ0v) is 19.2. The van der Waals surface area contributed by atoms with E-state index in [0.29, 0.717) is 42.5 Å². The van der Waals surface area contributed by atoms with Crippen LogP contribution in [0.25, 0.3) is 16.9 Å². The summed E-state index contributed by atoms with van der Waals surface area (Å²) in [6.07, 6.45) is 6.10. The Labute approximate surface area is 198 Å². The fourth-order valence-corrected chi connectivity index (χ4v) is 4.92. The zero-order valence-electron chi connectivity index (χ0n) is 18.5. The first-order valence-corrected chi connectivity index (χ1v) is 12.0. The van der Waals surface area contributed by atoms with Crippen LogP contribution in [-0.4, -0.2) is 57.6 Å². The Bertz CT molecular complexity index is 1130. The minimum absolute atomic E-state index is 0.0601. The maximum absolute atomic E-state index is 13.6. The van der Waals surface area contributed by atoms with Gasteiger partial charge in [0.25, 0.3) is 5.91 Å². The number of carbonyl (C=O) groups excluding carboxylic acids is 2. The second-order valence-electron chi connectivity index (χ2n) is 8.78. The van der Waals surface area contributed by atoms with Crippen molar-refractivity contribution in [3.8, 4) is 16.9 Å². The molecule has 1 saturated carbocycles. The molecule has 0 spiro atoms. The van der Waals surface area contributed by atoms with Gasteiger partial charge in [0.1, 0.15) is 5.69 Å². The third kappa shape index (κ3) is 4.53. The van der Waals surface area contributed by atoms with Gasteiger partial charge in [0.15, 0.2) is 0 Å². The van der Waals surface area contributed by atoms with E-state index < -0.39 is 0 Å². The molecule has 3 aromatic rings. The van der Waals surface area contributed by atoms with Crippen molar-refractivity contribution in [1.82, 2.24) is 19.6 Å². The third-order valence-corrected chi connectivity index (χ3v) is 6.92. The van der Waals surface area contributed by atoms with Gasteiger partial charge in [0.2, 0.25) is 5.91 Å². The maximum atomic E-state index is 13.6. The van der Waals surface area contributed by atoms with Crippen LogP contribution >= 0.6 is 11.6 Å². The molecule has 170 valence electrons. The van der Waals surface area contributed by atoms with Crippen LogP contribution < -0.4 is 0 Å². The Kier molecular flexibility index (Phi) is 6.18. The lowest BCUT2D eigenvalue weighted by Gasteiger charge is -2.36. The molecule has 2 aliphatic rings. The Balaban J connectivity index is 1.38. The van der Waals surface area contributed by atoms with E-state index in [-0.39, 0.29) is 17.7 Å². The van der Waals surface area contributed by atoms with Gasteiger partial charge in [-0.3, -0.25) is 9.59 Å². The summed E-state index contributed by atoms with van der Waals surface area (Å²) in [4.78, 5) is 30.1. The third-order valence-electron chi connectivity index (χ3n) is 6.67. The van der Waals surface area contributed by atoms with Crippen molar-refractivity contribution in [2.45, 2.75) is 25.7 Å². The molecule has 1 aliphatic heterocycles. The SMILES string of the molecule is O=C(c1cn(-c2ccccc2)nc1-c1ccc(Cl)cc1)N1CCN(C(=O)C2CCCC2)CC1. The van der Waals surface area contributed by atoms with Crippen LogP contribution in [0.2, 0.25) is 5.02 Å². The molecule has 0 atom stereocenters. The smallest absolute Gasteiger partial charge is 0.257 e. The van der Waals surface area contributed by atoms with E-state index in [9.17, 15) is 9.59 Å². The summed E-state index contributed by atoms with van der Waals surface area (Å²) in [6.45, 7) is 2.25. The van der Waals surface area contributed by atoms with Crippen molar-refractivity contribution >= 4 is 23.4 Å². The van der Waals surface area contributed by atoms with Crippen LogP contribution in [0.5, 0.6) is 0 Å². The number of hydrogen-bond donors (Lipinski definition) is 0. The number of piperazine rings is 1. The molecule has 2 heterocycles. The van der Waals surface area contributed by atoms with E-state index in [1.807, 2.05) is 52.3 Å². The van der Waals surface area contributed by atoms with E-state index >= 15 is 0 Å². The van der Waals surface area contributed by atoms with E-state index in [1.54, 1.807) is 23.0 Å². The van der Waals surface area contributed by atoms with Crippen LogP contribution in [-0.2, 0) is 4.79 Å². The average Bonchev–Trinajstić information content (AvgIpc) is 3.55. The molecule has 2 aromatic carbocycles. The number of nitrogens with zero attached hydrogens (tertiary/aromatic N) is 4. The highest BCUT2D eigenvalue weighted by molar-refractivity contribution is 6.30. The van der Waals surface area contributed by atoms with Crippen LogP contribution in [0.3, 0.4) is 0 Å². The topological polar surface area (TPSA) is 58.4 Å². The molecule has 33 heavy (non-hydrogen) atoms. The van der Waals surface area contributed by atoms with Gasteiger partial charge in [-0.25, -0.2) is 4.68 Å². The number of rotatable bonds is 4. The standard InChI is InChI=1S/C26H27ClN4O2/c27-21-12-10-19(11-13-21)24-23(18-31(28-24)22-8-2-1-3-9-22)26(33)30-16-14-29(15-17-30)25(32)20-6-4-5-7-20/h1-3,8-13,18,20H,4-7,14-17H2. The van der Waals surface area contributed by atoms with Gasteiger partial charge in [-0.1, -0.05) is 54.8 Å². The average molecular weight is 463 g/mol. The molecular formula is C26H27ClN4O2. The molecule has 0 bridgehead atoms. The van der Waals surface area contributed by atoms with Gasteiger partial charge >= 0.3 is 0 Å². The lowest BCUT2D eigenvalue weighted by atomic mass is 10.1. The van der Waals surface area contributed by atoms with Crippen molar-refractivity contribution < 1.29 is 9.59 Å². The highest BCUT2D eigenvalue weighted by Gasteiger charge is 2.32. The molecule has 2 fully saturated rings. The molecule has 1 aromatic heterocycles. The first-order chi connectivity index (χ1) is 16.1. The largest absolute Gasteiger partial charge is 0.339 e. The number of hydrogen-bond acceptors (Lipinski definition) is 3. The number of carbonyl (C=O) groups is 2. The minimum atomic E-state index is -0.0601. The van der Waals surface area contributed by atoms with Gasteiger partial charge in [-0.2, -0.15) is 5.10 Å². The molecule has 1 aliphatic carbocycles. The number of aromatic nitrogens is 2. The first-order valence-electron chi connectivity index (χ1n) is 11.6. The van der Waals surface area contributed by atoms with E-state index in [1.165, 1.54) is 0 Å². The quantitative estimate of drug-likeness (QED) is 0.566. The normalized spacial score (nSPS) is 16.9. The van der Waals surface area contributed by atoms with Crippen molar-refractivity contribution in [2.24, 2.45) is 5.92 Å². The summed E-state index contributed by atoms with van der Waals surface area (Å²) in [5.74, 6) is 0.376. The fraction of sp³-hybridized carbons (Fsp3) is 0.346. The zero-order chi connectivity index (χ0) is 22.8. The van der Waals surface area contributed by atoms with Gasteiger partial charge in [-0.05, 0) is 37.1 Å². The summed E-state index contributed by atoms with van der Waals surface area (Å²) in [7, 11) is 0. The first kappa shape index (κ1) is 21.7. The van der Waals surface area contributed by atoms with E-state index in [2.05, 4.69) is 0 Å². The Morgan fingerprint density at radius 3 is 2.15 bits per heavy atom. The van der Waals surface area contributed by atoms with Gasteiger partial charge < -0.3 is 9.80 Å². The lowest BCUT2D eigenvalue weighted by molar-refractivity contribution is -0.136. The highest BCUT2D eigenvalue weighted by atomic mass is 35.5. The summed E-state index contributed by atoms with van der Waals surface area (Å²) in [6, 6.07) is 17.1. The van der Waals surface area contributed by atoms with Crippen molar-refractivity contribution in [3.05, 3.63) is 71.4 Å². The van der Waals surface area contributed by atoms with Gasteiger partial charge in [-0.15, -0.1) is 0 Å². The molecule has 5 rings (SSSR count). The number of para-hydroxylation sites is 1. The van der Waals surface area contributed by atoms with Crippen LogP contribution in [0.1, 0.15) is 36.0 Å². The second-order valence-corrected chi connectivity index (χ2v) is 9.21. The minimum Gasteiger partial charge on any atom is -0.339 e. The Morgan fingerprint density at radius 1 is 0.848 bits per heavy atom. The number of halogens is 1. The second kappa shape index (κ2) is 9.40. The van der Waals surface area contributed by atoms with Crippen molar-refractivity contribution in [2.75, 3.05) is 26.2 Å². The predicted octanol–water partition coefficient (Wildman–Crippen LogP) is 4.67. The molecule has 0 unspecified atom stereocenters. The maximum Gasteiger partial charge on any atom is 0.257 e. The summed E-state index contributed by atoms with van der Waals surface area (Å²) < 4.78 is 1.75. The summed E-state index contributed by atoms with van der Waals surface area (Å²) in [5.41, 5.74) is 2.91. The molecular weight excluding hydrogens is 436 g/mol. The summed E-state index contributed by atoms with van der Waals surface area (Å²) >= 11 is 6.08. The molecule has 2 amide bonds. The molecule has 0 radical (unpaired) electrons. The molecule has 6 nitrogen and oxygen atoms in total. The fourth-order valence-electron chi connectivity index (χ4n) is 4.80. The molecule has 7 heteroatoms. The Hall–Kier alpha value is -3.12. The van der Waals surface area contributed by atoms with Crippen molar-refractivity contribution in [1.29, 1.82) is 0 Å². The molecule has 1 saturated heterocycles. The van der Waals surface area contributed by atoms with Crippen LogP contribution in [0, 0.1) is 5.92 Å². The number of amides is 2. The van der Waals surface area contributed by atoms with Gasteiger partial charge in [0, 0.05) is 48.9 Å². The van der Waals surface area contributed by atoms with E-state index in [4.69, 9.17) is 16.7 Å². The predicted molar refractivity (Wildman–Crippen MR) is 128 cm³/mol. The lowest BCUT2D eigenvalue weighted by Crippen LogP contribution is -2.51. The highest BCUT2D eigenvalue weighted by Crippen LogP contribution is 2.29. The summed E-state index contributed by atoms with van der Waals surface area (Å²) in [5, 5.41) is 5.39. The van der Waals surface area contributed by atoms with Crippen LogP contribution in [0.4, 0.5) is 0 Å². The van der Waals surface area contributed by atoms with Crippen LogP contribution in [0.15, 0.2) is 60.8 Å². The monoisotopic (exact) mass is 462 g/mol. The Morgan fingerprint density at radius 2 is 1.48 bits per heavy atom. The molecule has 0 N–H and O–H groups in total. The van der Waals surface area contributed by atoms with E-state index in [0.717, 1.165) is 36.9 Å². The van der Waals surface area contributed by atoms with Gasteiger partial charge in [0.05, 0.1) is 11.3 Å².